The summed E-state index contributed by atoms with van der Waals surface area (Å²) in [6, 6.07) is 22.5. The standard InChI is InChI=1S/C26H21Cl2N3O2S/c1-2-32-17-11-9-16(10-12-17)31-25(24(30-26(31)34)20-8-3-4-15-29-20)22-14-13-21(33-22)18-6-5-7-19(27)23(18)28/h3-15,24-25H,2H2,1H3,(H,30,34). The van der Waals surface area contributed by atoms with Gasteiger partial charge in [0.1, 0.15) is 23.3 Å². The SMILES string of the molecule is CCOc1ccc(N2C(=S)NC(c3ccccn3)C2c2ccc(-c3cccc(Cl)c3Cl)o2)cc1. The van der Waals surface area contributed by atoms with Crippen LogP contribution in [0.15, 0.2) is 83.4 Å². The molecule has 1 aliphatic heterocycles. The summed E-state index contributed by atoms with van der Waals surface area (Å²) in [7, 11) is 0. The number of rotatable bonds is 6. The average Bonchev–Trinajstić information content (AvgIpc) is 3.47. The molecule has 0 aliphatic carbocycles. The Labute approximate surface area is 213 Å². The van der Waals surface area contributed by atoms with Gasteiger partial charge in [0, 0.05) is 17.4 Å². The number of halogens is 2. The van der Waals surface area contributed by atoms with E-state index in [9.17, 15) is 0 Å². The number of thiocarbonyl (C=S) groups is 1. The van der Waals surface area contributed by atoms with E-state index in [-0.39, 0.29) is 12.1 Å². The van der Waals surface area contributed by atoms with E-state index < -0.39 is 0 Å². The Bertz CT molecular complexity index is 1310. The van der Waals surface area contributed by atoms with Crippen LogP contribution in [0.1, 0.15) is 30.5 Å². The second kappa shape index (κ2) is 9.66. The van der Waals surface area contributed by atoms with Gasteiger partial charge in [-0.2, -0.15) is 0 Å². The van der Waals surface area contributed by atoms with E-state index in [0.29, 0.717) is 27.5 Å². The molecule has 2 unspecified atom stereocenters. The van der Waals surface area contributed by atoms with Crippen molar-refractivity contribution >= 4 is 46.2 Å². The van der Waals surface area contributed by atoms with Crippen LogP contribution in [0.4, 0.5) is 5.69 Å². The molecule has 0 bridgehead atoms. The van der Waals surface area contributed by atoms with Crippen molar-refractivity contribution in [3.05, 3.63) is 100 Å². The van der Waals surface area contributed by atoms with E-state index in [2.05, 4.69) is 10.3 Å². The van der Waals surface area contributed by atoms with Crippen molar-refractivity contribution in [2.75, 3.05) is 11.5 Å². The van der Waals surface area contributed by atoms with Gasteiger partial charge < -0.3 is 19.4 Å². The molecule has 8 heteroatoms. The van der Waals surface area contributed by atoms with Crippen LogP contribution in [0.5, 0.6) is 5.75 Å². The molecular formula is C26H21Cl2N3O2S. The van der Waals surface area contributed by atoms with Gasteiger partial charge in [-0.15, -0.1) is 0 Å². The van der Waals surface area contributed by atoms with E-state index in [0.717, 1.165) is 28.5 Å². The van der Waals surface area contributed by atoms with E-state index in [4.69, 9.17) is 44.6 Å². The summed E-state index contributed by atoms with van der Waals surface area (Å²) in [4.78, 5) is 6.63. The second-order valence-electron chi connectivity index (χ2n) is 7.73. The van der Waals surface area contributed by atoms with Crippen LogP contribution in [0.2, 0.25) is 10.0 Å². The Morgan fingerprint density at radius 3 is 2.59 bits per heavy atom. The average molecular weight is 510 g/mol. The molecule has 5 nitrogen and oxygen atoms in total. The summed E-state index contributed by atoms with van der Waals surface area (Å²) in [5.74, 6) is 2.16. The van der Waals surface area contributed by atoms with Crippen LogP contribution >= 0.6 is 35.4 Å². The summed E-state index contributed by atoms with van der Waals surface area (Å²) in [6.07, 6.45) is 1.77. The molecule has 2 aromatic heterocycles. The maximum absolute atomic E-state index is 6.45. The second-order valence-corrected chi connectivity index (χ2v) is 8.90. The summed E-state index contributed by atoms with van der Waals surface area (Å²) in [5, 5.41) is 4.95. The first-order chi connectivity index (χ1) is 16.6. The summed E-state index contributed by atoms with van der Waals surface area (Å²) >= 11 is 18.5. The molecule has 3 heterocycles. The van der Waals surface area contributed by atoms with Gasteiger partial charge in [-0.1, -0.05) is 35.3 Å². The molecule has 0 amide bonds. The molecular weight excluding hydrogens is 489 g/mol. The first-order valence-electron chi connectivity index (χ1n) is 10.8. The number of benzene rings is 2. The number of pyridine rings is 1. The van der Waals surface area contributed by atoms with E-state index in [1.807, 2.05) is 78.6 Å². The molecule has 1 aliphatic rings. The fraction of sp³-hybridized carbons (Fsp3) is 0.154. The van der Waals surface area contributed by atoms with Gasteiger partial charge in [0.2, 0.25) is 0 Å². The zero-order valence-electron chi connectivity index (χ0n) is 18.2. The third-order valence-electron chi connectivity index (χ3n) is 5.66. The number of aromatic nitrogens is 1. The van der Waals surface area contributed by atoms with Gasteiger partial charge in [-0.3, -0.25) is 4.98 Å². The van der Waals surface area contributed by atoms with Crippen molar-refractivity contribution in [2.45, 2.75) is 19.0 Å². The highest BCUT2D eigenvalue weighted by atomic mass is 35.5. The van der Waals surface area contributed by atoms with Crippen molar-refractivity contribution in [3.63, 3.8) is 0 Å². The maximum atomic E-state index is 6.45. The summed E-state index contributed by atoms with van der Waals surface area (Å²) in [6.45, 7) is 2.57. The van der Waals surface area contributed by atoms with Gasteiger partial charge in [-0.05, 0) is 79.8 Å². The number of anilines is 1. The number of hydrogen-bond acceptors (Lipinski definition) is 4. The van der Waals surface area contributed by atoms with Gasteiger partial charge >= 0.3 is 0 Å². The van der Waals surface area contributed by atoms with Crippen molar-refractivity contribution < 1.29 is 9.15 Å². The van der Waals surface area contributed by atoms with E-state index in [1.165, 1.54) is 0 Å². The number of nitrogens with one attached hydrogen (secondary N) is 1. The minimum absolute atomic E-state index is 0.214. The lowest BCUT2D eigenvalue weighted by Gasteiger charge is -2.26. The Morgan fingerprint density at radius 2 is 1.85 bits per heavy atom. The van der Waals surface area contributed by atoms with E-state index in [1.54, 1.807) is 12.3 Å². The monoisotopic (exact) mass is 509 g/mol. The fourth-order valence-electron chi connectivity index (χ4n) is 4.14. The first kappa shape index (κ1) is 22.7. The number of furan rings is 1. The third kappa shape index (κ3) is 4.25. The molecule has 0 radical (unpaired) electrons. The quantitative estimate of drug-likeness (QED) is 0.276. The van der Waals surface area contributed by atoms with Crippen LogP contribution in [0.3, 0.4) is 0 Å². The van der Waals surface area contributed by atoms with Crippen LogP contribution in [-0.2, 0) is 0 Å². The van der Waals surface area contributed by atoms with E-state index >= 15 is 0 Å². The van der Waals surface area contributed by atoms with Gasteiger partial charge in [-0.25, -0.2) is 0 Å². The Morgan fingerprint density at radius 1 is 1.03 bits per heavy atom. The predicted octanol–water partition coefficient (Wildman–Crippen LogP) is 7.22. The molecule has 0 spiro atoms. The summed E-state index contributed by atoms with van der Waals surface area (Å²) < 4.78 is 12.0. The molecule has 1 fully saturated rings. The molecule has 1 saturated heterocycles. The summed E-state index contributed by atoms with van der Waals surface area (Å²) in [5.41, 5.74) is 2.51. The highest BCUT2D eigenvalue weighted by Crippen LogP contribution is 2.44. The lowest BCUT2D eigenvalue weighted by Crippen LogP contribution is -2.29. The molecule has 0 saturated carbocycles. The molecule has 34 heavy (non-hydrogen) atoms. The first-order valence-corrected chi connectivity index (χ1v) is 12.0. The Balaban J connectivity index is 1.58. The molecule has 5 rings (SSSR count). The highest BCUT2D eigenvalue weighted by Gasteiger charge is 2.42. The third-order valence-corrected chi connectivity index (χ3v) is 6.79. The van der Waals surface area contributed by atoms with Crippen molar-refractivity contribution in [1.82, 2.24) is 10.3 Å². The van der Waals surface area contributed by atoms with Crippen molar-refractivity contribution in [2.24, 2.45) is 0 Å². The molecule has 1 N–H and O–H groups in total. The Kier molecular flexibility index (Phi) is 6.46. The number of hydrogen-bond donors (Lipinski definition) is 1. The van der Waals surface area contributed by atoms with Crippen LogP contribution in [-0.4, -0.2) is 16.7 Å². The van der Waals surface area contributed by atoms with Gasteiger partial charge in [0.15, 0.2) is 5.11 Å². The maximum Gasteiger partial charge on any atom is 0.174 e. The van der Waals surface area contributed by atoms with Crippen LogP contribution in [0.25, 0.3) is 11.3 Å². The zero-order chi connectivity index (χ0) is 23.7. The smallest absolute Gasteiger partial charge is 0.174 e. The molecule has 4 aromatic rings. The minimum atomic E-state index is -0.271. The van der Waals surface area contributed by atoms with Crippen LogP contribution < -0.4 is 15.0 Å². The molecule has 172 valence electrons. The van der Waals surface area contributed by atoms with Gasteiger partial charge in [0.05, 0.1) is 28.4 Å². The molecule has 2 atom stereocenters. The number of nitrogens with zero attached hydrogens (tertiary/aromatic N) is 2. The van der Waals surface area contributed by atoms with Crippen molar-refractivity contribution in [1.29, 1.82) is 0 Å². The van der Waals surface area contributed by atoms with Gasteiger partial charge in [0.25, 0.3) is 0 Å². The molecule has 2 aromatic carbocycles. The lowest BCUT2D eigenvalue weighted by molar-refractivity contribution is 0.340. The lowest BCUT2D eigenvalue weighted by atomic mass is 10.0. The normalized spacial score (nSPS) is 17.6. The minimum Gasteiger partial charge on any atom is -0.494 e. The fourth-order valence-corrected chi connectivity index (χ4v) is 4.88. The largest absolute Gasteiger partial charge is 0.494 e. The van der Waals surface area contributed by atoms with Crippen molar-refractivity contribution in [3.8, 4) is 17.1 Å². The van der Waals surface area contributed by atoms with Crippen LogP contribution in [0, 0.1) is 0 Å². The topological polar surface area (TPSA) is 50.5 Å². The highest BCUT2D eigenvalue weighted by molar-refractivity contribution is 7.80. The predicted molar refractivity (Wildman–Crippen MR) is 140 cm³/mol. The Hall–Kier alpha value is -3.06. The number of ether oxygens (including phenoxy) is 1. The zero-order valence-corrected chi connectivity index (χ0v) is 20.6.